The van der Waals surface area contributed by atoms with Crippen molar-refractivity contribution in [1.29, 1.82) is 0 Å². The predicted octanol–water partition coefficient (Wildman–Crippen LogP) is 3.57. The summed E-state index contributed by atoms with van der Waals surface area (Å²) in [5, 5.41) is 16.8. The molecule has 0 saturated heterocycles. The molecule has 142 valence electrons. The molecule has 2 N–H and O–H groups in total. The first-order valence-electron chi connectivity index (χ1n) is 7.64. The molecule has 0 heterocycles. The molecular weight excluding hydrogens is 394 g/mol. The van der Waals surface area contributed by atoms with Crippen molar-refractivity contribution in [2.24, 2.45) is 0 Å². The number of rotatable bonds is 8. The molecule has 0 aliphatic rings. The first-order valence-corrected chi connectivity index (χ1v) is 9.17. The fourth-order valence-corrected chi connectivity index (χ4v) is 2.79. The minimum atomic E-state index is -0.606. The number of amides is 2. The van der Waals surface area contributed by atoms with E-state index < -0.39 is 10.8 Å². The van der Waals surface area contributed by atoms with Gasteiger partial charge in [0.2, 0.25) is 11.8 Å². The van der Waals surface area contributed by atoms with Gasteiger partial charge in [-0.15, -0.1) is 11.8 Å². The highest BCUT2D eigenvalue weighted by Crippen LogP contribution is 2.29. The van der Waals surface area contributed by atoms with Gasteiger partial charge in [0.1, 0.15) is 11.4 Å². The third-order valence-corrected chi connectivity index (χ3v) is 4.45. The van der Waals surface area contributed by atoms with Crippen LogP contribution in [0.2, 0.25) is 5.02 Å². The molecule has 0 aromatic heterocycles. The molecule has 0 atom stereocenters. The molecule has 8 nitrogen and oxygen atoms in total. The fourth-order valence-electron chi connectivity index (χ4n) is 2.05. The third-order valence-electron chi connectivity index (χ3n) is 3.27. The molecule has 2 aromatic carbocycles. The Labute approximate surface area is 164 Å². The Hall–Kier alpha value is -2.78. The van der Waals surface area contributed by atoms with Gasteiger partial charge in [-0.1, -0.05) is 11.6 Å². The Balaban J connectivity index is 1.83. The van der Waals surface area contributed by atoms with Gasteiger partial charge in [0.05, 0.1) is 29.6 Å². The average Bonchev–Trinajstić information content (AvgIpc) is 2.63. The molecule has 0 aliphatic heterocycles. The summed E-state index contributed by atoms with van der Waals surface area (Å²) in [6.45, 7) is 0. The van der Waals surface area contributed by atoms with Crippen LogP contribution in [0, 0.1) is 10.1 Å². The maximum absolute atomic E-state index is 12.0. The quantitative estimate of drug-likeness (QED) is 0.509. The monoisotopic (exact) mass is 409 g/mol. The number of anilines is 2. The predicted molar refractivity (Wildman–Crippen MR) is 106 cm³/mol. The summed E-state index contributed by atoms with van der Waals surface area (Å²) in [5.74, 6) is -0.385. The summed E-state index contributed by atoms with van der Waals surface area (Å²) < 4.78 is 4.94. The smallest absolute Gasteiger partial charge is 0.296 e. The van der Waals surface area contributed by atoms with E-state index in [2.05, 4.69) is 10.6 Å². The van der Waals surface area contributed by atoms with Gasteiger partial charge >= 0.3 is 0 Å². The van der Waals surface area contributed by atoms with Gasteiger partial charge in [-0.3, -0.25) is 19.7 Å². The lowest BCUT2D eigenvalue weighted by atomic mass is 10.2. The summed E-state index contributed by atoms with van der Waals surface area (Å²) in [6.07, 6.45) is 0. The second-order valence-corrected chi connectivity index (χ2v) is 6.66. The second-order valence-electron chi connectivity index (χ2n) is 5.24. The van der Waals surface area contributed by atoms with Gasteiger partial charge in [0.15, 0.2) is 0 Å². The number of nitrogens with zero attached hydrogens (tertiary/aromatic N) is 1. The topological polar surface area (TPSA) is 111 Å². The Morgan fingerprint density at radius 1 is 1.11 bits per heavy atom. The first kappa shape index (κ1) is 20.5. The van der Waals surface area contributed by atoms with Crippen molar-refractivity contribution in [3.05, 3.63) is 57.6 Å². The molecule has 0 saturated carbocycles. The lowest BCUT2D eigenvalue weighted by molar-refractivity contribution is -0.384. The lowest BCUT2D eigenvalue weighted by Gasteiger charge is -2.08. The number of nitro groups is 1. The van der Waals surface area contributed by atoms with E-state index >= 15 is 0 Å². The van der Waals surface area contributed by atoms with Crippen LogP contribution in [0.3, 0.4) is 0 Å². The van der Waals surface area contributed by atoms with Gasteiger partial charge in [-0.05, 0) is 36.4 Å². The normalized spacial score (nSPS) is 10.1. The van der Waals surface area contributed by atoms with E-state index in [4.69, 9.17) is 16.3 Å². The number of carbonyl (C=O) groups excluding carboxylic acids is 2. The van der Waals surface area contributed by atoms with Gasteiger partial charge in [0, 0.05) is 10.7 Å². The molecule has 27 heavy (non-hydrogen) atoms. The van der Waals surface area contributed by atoms with Crippen LogP contribution in [0.25, 0.3) is 0 Å². The Kier molecular flexibility index (Phi) is 7.44. The largest absolute Gasteiger partial charge is 0.496 e. The van der Waals surface area contributed by atoms with E-state index in [9.17, 15) is 19.7 Å². The number of methoxy groups -OCH3 is 1. The van der Waals surface area contributed by atoms with Gasteiger partial charge in [-0.2, -0.15) is 0 Å². The molecule has 0 bridgehead atoms. The zero-order valence-electron chi connectivity index (χ0n) is 14.2. The maximum Gasteiger partial charge on any atom is 0.296 e. The van der Waals surface area contributed by atoms with Gasteiger partial charge < -0.3 is 15.4 Å². The Morgan fingerprint density at radius 3 is 2.33 bits per heavy atom. The minimum absolute atomic E-state index is 0.0305. The van der Waals surface area contributed by atoms with Crippen molar-refractivity contribution in [1.82, 2.24) is 0 Å². The Morgan fingerprint density at radius 2 is 1.74 bits per heavy atom. The number of halogens is 1. The molecule has 0 spiro atoms. The molecular formula is C17H16ClN3O5S. The van der Waals surface area contributed by atoms with E-state index in [-0.39, 0.29) is 28.8 Å². The zero-order chi connectivity index (χ0) is 19.8. The minimum Gasteiger partial charge on any atom is -0.496 e. The maximum atomic E-state index is 12.0. The van der Waals surface area contributed by atoms with Gasteiger partial charge in [-0.25, -0.2) is 0 Å². The van der Waals surface area contributed by atoms with E-state index in [0.717, 1.165) is 11.8 Å². The summed E-state index contributed by atoms with van der Waals surface area (Å²) in [7, 11) is 1.39. The summed E-state index contributed by atoms with van der Waals surface area (Å²) >= 11 is 6.86. The first-order chi connectivity index (χ1) is 12.9. The molecule has 2 aromatic rings. The summed E-state index contributed by atoms with van der Waals surface area (Å²) in [6, 6.07) is 10.8. The summed E-state index contributed by atoms with van der Waals surface area (Å²) in [4.78, 5) is 34.3. The molecule has 2 amide bonds. The number of hydrogen-bond acceptors (Lipinski definition) is 6. The number of nitro benzene ring substituents is 1. The molecule has 10 heteroatoms. The molecule has 0 fully saturated rings. The molecule has 0 radical (unpaired) electrons. The van der Waals surface area contributed by atoms with E-state index in [1.165, 1.54) is 25.3 Å². The van der Waals surface area contributed by atoms with Crippen molar-refractivity contribution in [2.75, 3.05) is 29.2 Å². The number of ether oxygens (including phenoxy) is 1. The van der Waals surface area contributed by atoms with Crippen LogP contribution in [0.4, 0.5) is 17.1 Å². The zero-order valence-corrected chi connectivity index (χ0v) is 15.8. The van der Waals surface area contributed by atoms with Crippen LogP contribution in [-0.2, 0) is 9.59 Å². The summed E-state index contributed by atoms with van der Waals surface area (Å²) in [5.41, 5.74) is 0.397. The van der Waals surface area contributed by atoms with Crippen LogP contribution in [0.15, 0.2) is 42.5 Å². The lowest BCUT2D eigenvalue weighted by Crippen LogP contribution is -2.18. The van der Waals surface area contributed by atoms with Gasteiger partial charge in [0.25, 0.3) is 5.69 Å². The fraction of sp³-hybridized carbons (Fsp3) is 0.176. The standard InChI is InChI=1S/C17H16ClN3O5S/c1-26-13-6-7-14(15(8-13)21(24)25)20-17(23)10-27-9-16(22)19-12-4-2-11(18)3-5-12/h2-8H,9-10H2,1H3,(H,19,22)(H,20,23). The van der Waals surface area contributed by atoms with Crippen LogP contribution in [0.1, 0.15) is 0 Å². The van der Waals surface area contributed by atoms with E-state index in [1.807, 2.05) is 0 Å². The van der Waals surface area contributed by atoms with Crippen molar-refractivity contribution >= 4 is 52.2 Å². The van der Waals surface area contributed by atoms with Crippen molar-refractivity contribution in [3.8, 4) is 5.75 Å². The van der Waals surface area contributed by atoms with Crippen LogP contribution in [-0.4, -0.2) is 35.4 Å². The van der Waals surface area contributed by atoms with Crippen molar-refractivity contribution in [3.63, 3.8) is 0 Å². The third kappa shape index (κ3) is 6.46. The molecule has 0 unspecified atom stereocenters. The number of benzene rings is 2. The highest BCUT2D eigenvalue weighted by Gasteiger charge is 2.17. The number of nitrogens with one attached hydrogen (secondary N) is 2. The molecule has 2 rings (SSSR count). The van der Waals surface area contributed by atoms with Crippen LogP contribution in [0.5, 0.6) is 5.75 Å². The van der Waals surface area contributed by atoms with Crippen LogP contribution < -0.4 is 15.4 Å². The van der Waals surface area contributed by atoms with Crippen molar-refractivity contribution < 1.29 is 19.2 Å². The van der Waals surface area contributed by atoms with E-state index in [0.29, 0.717) is 16.5 Å². The van der Waals surface area contributed by atoms with Crippen molar-refractivity contribution in [2.45, 2.75) is 0 Å². The highest BCUT2D eigenvalue weighted by molar-refractivity contribution is 8.00. The second kappa shape index (κ2) is 9.79. The Bertz CT molecular complexity index is 845. The van der Waals surface area contributed by atoms with Crippen LogP contribution >= 0.6 is 23.4 Å². The number of carbonyl (C=O) groups is 2. The average molecular weight is 410 g/mol. The SMILES string of the molecule is COc1ccc(NC(=O)CSCC(=O)Nc2ccc(Cl)cc2)c([N+](=O)[O-])c1. The number of thioether (sulfide) groups is 1. The number of hydrogen-bond donors (Lipinski definition) is 2. The van der Waals surface area contributed by atoms with E-state index in [1.54, 1.807) is 24.3 Å². The molecule has 0 aliphatic carbocycles. The highest BCUT2D eigenvalue weighted by atomic mass is 35.5.